The molecule has 0 saturated heterocycles. The van der Waals surface area contributed by atoms with Crippen molar-refractivity contribution in [2.45, 2.75) is 17.4 Å². The molecule has 0 saturated carbocycles. The molecule has 0 bridgehead atoms. The fourth-order valence-electron chi connectivity index (χ4n) is 2.57. The Labute approximate surface area is 183 Å². The Kier molecular flexibility index (Phi) is 5.67. The van der Waals surface area contributed by atoms with Gasteiger partial charge in [0.2, 0.25) is 5.89 Å². The molecule has 144 valence electrons. The second-order valence-electron chi connectivity index (χ2n) is 6.00. The van der Waals surface area contributed by atoms with Gasteiger partial charge in [-0.3, -0.25) is 0 Å². The lowest BCUT2D eigenvalue weighted by Gasteiger charge is -2.08. The van der Waals surface area contributed by atoms with Crippen molar-refractivity contribution < 1.29 is 9.52 Å². The van der Waals surface area contributed by atoms with Gasteiger partial charge >= 0.3 is 0 Å². The summed E-state index contributed by atoms with van der Waals surface area (Å²) in [5, 5.41) is 28.7. The topological polar surface area (TPSA) is 95.8 Å². The van der Waals surface area contributed by atoms with Gasteiger partial charge in [0, 0.05) is 10.0 Å². The summed E-state index contributed by atoms with van der Waals surface area (Å²) < 4.78 is 7.61. The number of aliphatic hydroxyl groups is 1. The first-order valence-corrected chi connectivity index (χ1v) is 11.0. The van der Waals surface area contributed by atoms with Crippen LogP contribution < -0.4 is 0 Å². The summed E-state index contributed by atoms with van der Waals surface area (Å²) in [6.07, 6.45) is 0. The molecule has 1 unspecified atom stereocenters. The van der Waals surface area contributed by atoms with Crippen LogP contribution in [0.25, 0.3) is 27.2 Å². The molecule has 0 spiro atoms. The number of hydrogen-bond donors (Lipinski definition) is 1. The number of allylic oxidation sites excluding steroid dienone is 1. The van der Waals surface area contributed by atoms with Crippen LogP contribution in [0.2, 0.25) is 0 Å². The van der Waals surface area contributed by atoms with Crippen LogP contribution in [-0.2, 0) is 0 Å². The molecule has 2 heterocycles. The Morgan fingerprint density at radius 3 is 2.69 bits per heavy atom. The third kappa shape index (κ3) is 4.19. The number of thioether (sulfide) groups is 1. The molecule has 9 heteroatoms. The van der Waals surface area contributed by atoms with Gasteiger partial charge in [-0.25, -0.2) is 4.98 Å². The van der Waals surface area contributed by atoms with Gasteiger partial charge in [0.15, 0.2) is 0 Å². The molecule has 0 radical (unpaired) electrons. The van der Waals surface area contributed by atoms with Crippen LogP contribution in [0.4, 0.5) is 0 Å². The van der Waals surface area contributed by atoms with E-state index in [1.807, 2.05) is 48.5 Å². The Balaban J connectivity index is 1.57. The number of aliphatic hydroxyl groups excluding tert-OH is 1. The second-order valence-corrected chi connectivity index (χ2v) is 9.24. The quantitative estimate of drug-likeness (QED) is 0.208. The number of aromatic nitrogens is 3. The van der Waals surface area contributed by atoms with Gasteiger partial charge in [-0.05, 0) is 43.3 Å². The first-order chi connectivity index (χ1) is 14.0. The molecule has 2 aromatic carbocycles. The number of fused-ring (bicyclic) bond motifs is 1. The molecule has 0 aliphatic heterocycles. The zero-order chi connectivity index (χ0) is 20.4. The lowest BCUT2D eigenvalue weighted by atomic mass is 10.2. The first kappa shape index (κ1) is 19.6. The Morgan fingerprint density at radius 2 is 1.97 bits per heavy atom. The number of para-hydroxylation sites is 1. The number of hydrogen-bond acceptors (Lipinski definition) is 8. The molecule has 0 amide bonds. The standard InChI is InChI=1S/C20H13BrN4O2S2/c1-11(28-20-25-24-18(27-20)12-6-8-13(21)9-7-12)17(26)14(10-22)19-23-15-4-2-3-5-16(15)29-19/h2-9,11,26H,1H3/b17-14-. The first-order valence-electron chi connectivity index (χ1n) is 8.50. The second kappa shape index (κ2) is 8.37. The molecule has 1 atom stereocenters. The van der Waals surface area contributed by atoms with E-state index in [9.17, 15) is 10.4 Å². The Morgan fingerprint density at radius 1 is 1.21 bits per heavy atom. The predicted octanol–water partition coefficient (Wildman–Crippen LogP) is 6.08. The summed E-state index contributed by atoms with van der Waals surface area (Å²) in [7, 11) is 0. The third-order valence-electron chi connectivity index (χ3n) is 4.04. The van der Waals surface area contributed by atoms with Gasteiger partial charge in [0.25, 0.3) is 5.22 Å². The van der Waals surface area contributed by atoms with Crippen LogP contribution in [-0.4, -0.2) is 25.5 Å². The van der Waals surface area contributed by atoms with Crippen molar-refractivity contribution in [1.82, 2.24) is 15.2 Å². The van der Waals surface area contributed by atoms with Crippen molar-refractivity contribution in [3.8, 4) is 17.5 Å². The number of thiazole rings is 1. The van der Waals surface area contributed by atoms with Crippen LogP contribution in [0, 0.1) is 11.3 Å². The average Bonchev–Trinajstić information content (AvgIpc) is 3.36. The molecular formula is C20H13BrN4O2S2. The predicted molar refractivity (Wildman–Crippen MR) is 118 cm³/mol. The highest BCUT2D eigenvalue weighted by molar-refractivity contribution is 9.10. The van der Waals surface area contributed by atoms with E-state index < -0.39 is 5.25 Å². The van der Waals surface area contributed by atoms with Gasteiger partial charge in [-0.1, -0.05) is 39.8 Å². The summed E-state index contributed by atoms with van der Waals surface area (Å²) in [5.74, 6) is 0.322. The summed E-state index contributed by atoms with van der Waals surface area (Å²) >= 11 is 5.94. The highest BCUT2D eigenvalue weighted by Crippen LogP contribution is 2.34. The SMILES string of the molecule is CC(Sc1nnc(-c2ccc(Br)cc2)o1)/C(O)=C(\C#N)c1nc2ccccc2s1. The highest BCUT2D eigenvalue weighted by Gasteiger charge is 2.21. The van der Waals surface area contributed by atoms with E-state index in [1.54, 1.807) is 6.92 Å². The monoisotopic (exact) mass is 484 g/mol. The molecule has 4 rings (SSSR count). The molecule has 0 fully saturated rings. The Bertz CT molecular complexity index is 1210. The van der Waals surface area contributed by atoms with Crippen LogP contribution >= 0.6 is 39.0 Å². The van der Waals surface area contributed by atoms with E-state index in [4.69, 9.17) is 4.42 Å². The van der Waals surface area contributed by atoms with Crippen LogP contribution in [0.3, 0.4) is 0 Å². The minimum Gasteiger partial charge on any atom is -0.510 e. The van der Waals surface area contributed by atoms with Crippen molar-refractivity contribution in [2.75, 3.05) is 0 Å². The molecule has 1 N–H and O–H groups in total. The zero-order valence-electron chi connectivity index (χ0n) is 15.0. The molecular weight excluding hydrogens is 472 g/mol. The number of nitrogens with zero attached hydrogens (tertiary/aromatic N) is 4. The van der Waals surface area contributed by atoms with Crippen LogP contribution in [0.5, 0.6) is 0 Å². The zero-order valence-corrected chi connectivity index (χ0v) is 18.3. The maximum absolute atomic E-state index is 10.7. The number of rotatable bonds is 5. The van der Waals surface area contributed by atoms with E-state index >= 15 is 0 Å². The molecule has 2 aromatic heterocycles. The van der Waals surface area contributed by atoms with Gasteiger partial charge in [-0.2, -0.15) is 5.26 Å². The van der Waals surface area contributed by atoms with Crippen LogP contribution in [0.1, 0.15) is 11.9 Å². The van der Waals surface area contributed by atoms with E-state index in [1.165, 1.54) is 23.1 Å². The Hall–Kier alpha value is -2.67. The molecule has 4 aromatic rings. The summed E-state index contributed by atoms with van der Waals surface area (Å²) in [5.41, 5.74) is 1.75. The minimum atomic E-state index is -0.463. The van der Waals surface area contributed by atoms with E-state index in [2.05, 4.69) is 37.2 Å². The van der Waals surface area contributed by atoms with Crippen molar-refractivity contribution in [1.29, 1.82) is 5.26 Å². The van der Waals surface area contributed by atoms with Gasteiger partial charge < -0.3 is 9.52 Å². The van der Waals surface area contributed by atoms with Gasteiger partial charge in [0.1, 0.15) is 22.4 Å². The molecule has 0 aliphatic rings. The summed E-state index contributed by atoms with van der Waals surface area (Å²) in [4.78, 5) is 4.46. The maximum Gasteiger partial charge on any atom is 0.277 e. The normalized spacial score (nSPS) is 13.1. The van der Waals surface area contributed by atoms with Gasteiger partial charge in [0.05, 0.1) is 15.5 Å². The van der Waals surface area contributed by atoms with E-state index in [-0.39, 0.29) is 11.3 Å². The highest BCUT2D eigenvalue weighted by atomic mass is 79.9. The van der Waals surface area contributed by atoms with Gasteiger partial charge in [-0.15, -0.1) is 21.5 Å². The fourth-order valence-corrected chi connectivity index (χ4v) is 4.55. The van der Waals surface area contributed by atoms with Crippen molar-refractivity contribution in [2.24, 2.45) is 0 Å². The third-order valence-corrected chi connectivity index (χ3v) is 6.56. The average molecular weight is 485 g/mol. The largest absolute Gasteiger partial charge is 0.510 e. The molecule has 6 nitrogen and oxygen atoms in total. The smallest absolute Gasteiger partial charge is 0.277 e. The maximum atomic E-state index is 10.7. The van der Waals surface area contributed by atoms with E-state index in [0.717, 1.165) is 20.3 Å². The van der Waals surface area contributed by atoms with E-state index in [0.29, 0.717) is 16.1 Å². The number of nitriles is 1. The lowest BCUT2D eigenvalue weighted by Crippen LogP contribution is -2.04. The summed E-state index contributed by atoms with van der Waals surface area (Å²) in [6.45, 7) is 1.77. The minimum absolute atomic E-state index is 0.0695. The number of halogens is 1. The molecule has 0 aliphatic carbocycles. The van der Waals surface area contributed by atoms with Crippen molar-refractivity contribution in [3.05, 3.63) is 63.8 Å². The number of benzene rings is 2. The lowest BCUT2D eigenvalue weighted by molar-refractivity contribution is 0.400. The van der Waals surface area contributed by atoms with Crippen molar-refractivity contribution in [3.63, 3.8) is 0 Å². The van der Waals surface area contributed by atoms with Crippen LogP contribution in [0.15, 0.2) is 68.4 Å². The van der Waals surface area contributed by atoms with Crippen molar-refractivity contribution >= 4 is 54.8 Å². The fraction of sp³-hybridized carbons (Fsp3) is 0.100. The summed E-state index contributed by atoms with van der Waals surface area (Å²) in [6, 6.07) is 17.2. The molecule has 29 heavy (non-hydrogen) atoms.